The molecule has 0 saturated carbocycles. The van der Waals surface area contributed by atoms with Gasteiger partial charge in [-0.25, -0.2) is 4.39 Å². The molecule has 1 N–H and O–H groups in total. The first-order valence-electron chi connectivity index (χ1n) is 11.5. The highest BCUT2D eigenvalue weighted by molar-refractivity contribution is 5.44. The van der Waals surface area contributed by atoms with E-state index in [1.165, 1.54) is 11.6 Å². The Kier molecular flexibility index (Phi) is 6.54. The van der Waals surface area contributed by atoms with Crippen LogP contribution in [0.5, 0.6) is 11.5 Å². The molecule has 0 saturated heterocycles. The second-order valence-corrected chi connectivity index (χ2v) is 9.29. The molecule has 2 aromatic carbocycles. The molecule has 0 aromatic heterocycles. The van der Waals surface area contributed by atoms with E-state index in [4.69, 9.17) is 9.47 Å². The summed E-state index contributed by atoms with van der Waals surface area (Å²) >= 11 is 0. The normalized spacial score (nSPS) is 22.2. The summed E-state index contributed by atoms with van der Waals surface area (Å²) in [6.45, 7) is 9.50. The first kappa shape index (κ1) is 22.1. The lowest BCUT2D eigenvalue weighted by Crippen LogP contribution is -2.45. The summed E-state index contributed by atoms with van der Waals surface area (Å²) in [7, 11) is 0. The third-order valence-corrected chi connectivity index (χ3v) is 6.97. The Morgan fingerprint density at radius 2 is 1.94 bits per heavy atom. The molecule has 1 heterocycles. The molecule has 1 aliphatic heterocycles. The quantitative estimate of drug-likeness (QED) is 0.649. The molecular weight excluding hydrogens is 393 g/mol. The van der Waals surface area contributed by atoms with Gasteiger partial charge in [0.05, 0.1) is 5.60 Å². The molecule has 0 unspecified atom stereocenters. The fourth-order valence-electron chi connectivity index (χ4n) is 5.31. The number of halogens is 1. The van der Waals surface area contributed by atoms with Crippen molar-refractivity contribution in [2.45, 2.75) is 58.0 Å². The van der Waals surface area contributed by atoms with Gasteiger partial charge in [0.1, 0.15) is 5.82 Å². The Bertz CT molecular complexity index is 916. The van der Waals surface area contributed by atoms with Crippen molar-refractivity contribution < 1.29 is 19.0 Å². The molecule has 4 rings (SSSR count). The minimum absolute atomic E-state index is 0.0319. The van der Waals surface area contributed by atoms with Crippen LogP contribution in [0.25, 0.3) is 0 Å². The topological polar surface area (TPSA) is 41.9 Å². The van der Waals surface area contributed by atoms with Gasteiger partial charge in [0, 0.05) is 19.0 Å². The molecule has 2 atom stereocenters. The smallest absolute Gasteiger partial charge is 0.231 e. The van der Waals surface area contributed by atoms with Crippen molar-refractivity contribution in [2.75, 3.05) is 26.4 Å². The van der Waals surface area contributed by atoms with Crippen LogP contribution < -0.4 is 9.47 Å². The van der Waals surface area contributed by atoms with Crippen molar-refractivity contribution in [3.8, 4) is 11.5 Å². The van der Waals surface area contributed by atoms with Gasteiger partial charge in [-0.1, -0.05) is 32.9 Å². The van der Waals surface area contributed by atoms with E-state index in [-0.39, 0.29) is 11.7 Å². The van der Waals surface area contributed by atoms with E-state index in [0.717, 1.165) is 61.5 Å². The van der Waals surface area contributed by atoms with Gasteiger partial charge in [0.2, 0.25) is 6.79 Å². The number of hydrogen-bond acceptors (Lipinski definition) is 4. The standard InChI is InChI=1S/C26H34FNO3/c1-4-28(13-10-19-5-8-23-24(15-19)31-17-30-23)14-12-26(29)11-9-20-16-21(27)6-7-22(20)25(26)18(2)3/h5-8,15-16,18,25,29H,4,9-14,17H2,1-3H3/t25-,26-/m1/s1. The summed E-state index contributed by atoms with van der Waals surface area (Å²) in [5.41, 5.74) is 2.65. The zero-order chi connectivity index (χ0) is 22.0. The third kappa shape index (κ3) is 4.73. The molecule has 1 aliphatic carbocycles. The number of benzene rings is 2. The van der Waals surface area contributed by atoms with Gasteiger partial charge in [-0.05, 0) is 79.1 Å². The number of ether oxygens (including phenoxy) is 2. The van der Waals surface area contributed by atoms with Crippen LogP contribution in [-0.2, 0) is 12.8 Å². The number of fused-ring (bicyclic) bond motifs is 2. The highest BCUT2D eigenvalue weighted by Gasteiger charge is 2.43. The zero-order valence-electron chi connectivity index (χ0n) is 18.9. The lowest BCUT2D eigenvalue weighted by atomic mass is 9.66. The molecule has 0 fully saturated rings. The predicted molar refractivity (Wildman–Crippen MR) is 120 cm³/mol. The maximum atomic E-state index is 13.7. The molecule has 0 amide bonds. The van der Waals surface area contributed by atoms with E-state index in [1.807, 2.05) is 12.1 Å². The molecule has 0 spiro atoms. The van der Waals surface area contributed by atoms with E-state index in [0.29, 0.717) is 19.1 Å². The molecule has 0 radical (unpaired) electrons. The Labute approximate surface area is 185 Å². The summed E-state index contributed by atoms with van der Waals surface area (Å²) < 4.78 is 24.6. The van der Waals surface area contributed by atoms with Crippen molar-refractivity contribution in [1.29, 1.82) is 0 Å². The van der Waals surface area contributed by atoms with Gasteiger partial charge >= 0.3 is 0 Å². The Morgan fingerprint density at radius 1 is 1.13 bits per heavy atom. The number of aliphatic hydroxyl groups is 1. The van der Waals surface area contributed by atoms with E-state index in [9.17, 15) is 9.50 Å². The van der Waals surface area contributed by atoms with Crippen LogP contribution in [0.1, 0.15) is 56.2 Å². The summed E-state index contributed by atoms with van der Waals surface area (Å²) in [6, 6.07) is 11.2. The van der Waals surface area contributed by atoms with Gasteiger partial charge in [0.15, 0.2) is 11.5 Å². The van der Waals surface area contributed by atoms with Crippen LogP contribution in [0.4, 0.5) is 4.39 Å². The van der Waals surface area contributed by atoms with Crippen LogP contribution in [0.15, 0.2) is 36.4 Å². The highest BCUT2D eigenvalue weighted by Crippen LogP contribution is 2.45. The molecular formula is C26H34FNO3. The molecule has 5 heteroatoms. The van der Waals surface area contributed by atoms with Crippen molar-refractivity contribution in [2.24, 2.45) is 5.92 Å². The van der Waals surface area contributed by atoms with Crippen molar-refractivity contribution in [3.63, 3.8) is 0 Å². The summed E-state index contributed by atoms with van der Waals surface area (Å²) in [6.07, 6.45) is 3.07. The van der Waals surface area contributed by atoms with Crippen molar-refractivity contribution in [3.05, 3.63) is 58.9 Å². The van der Waals surface area contributed by atoms with E-state index >= 15 is 0 Å². The van der Waals surface area contributed by atoms with Crippen LogP contribution in [0.3, 0.4) is 0 Å². The van der Waals surface area contributed by atoms with Crippen molar-refractivity contribution >= 4 is 0 Å². The second-order valence-electron chi connectivity index (χ2n) is 9.29. The summed E-state index contributed by atoms with van der Waals surface area (Å²) in [5, 5.41) is 11.7. The Balaban J connectivity index is 1.40. The van der Waals surface area contributed by atoms with E-state index in [1.54, 1.807) is 6.07 Å². The lowest BCUT2D eigenvalue weighted by Gasteiger charge is -2.44. The van der Waals surface area contributed by atoms with E-state index in [2.05, 4.69) is 37.8 Å². The minimum Gasteiger partial charge on any atom is -0.454 e. The van der Waals surface area contributed by atoms with Gasteiger partial charge in [-0.2, -0.15) is 0 Å². The highest BCUT2D eigenvalue weighted by atomic mass is 19.1. The van der Waals surface area contributed by atoms with Crippen LogP contribution in [0.2, 0.25) is 0 Å². The fraction of sp³-hybridized carbons (Fsp3) is 0.538. The molecule has 168 valence electrons. The number of nitrogens with zero attached hydrogens (tertiary/aromatic N) is 1. The SMILES string of the molecule is CCN(CCc1ccc2c(c1)OCO2)CC[C@]1(O)CCc2cc(F)ccc2[C@H]1C(C)C. The van der Waals surface area contributed by atoms with Crippen LogP contribution in [0, 0.1) is 11.7 Å². The van der Waals surface area contributed by atoms with Crippen LogP contribution >= 0.6 is 0 Å². The second kappa shape index (κ2) is 9.17. The Hall–Kier alpha value is -2.11. The van der Waals surface area contributed by atoms with Gasteiger partial charge in [0.25, 0.3) is 0 Å². The van der Waals surface area contributed by atoms with E-state index < -0.39 is 5.60 Å². The number of hydrogen-bond donors (Lipinski definition) is 1. The molecule has 4 nitrogen and oxygen atoms in total. The number of rotatable bonds is 8. The first-order valence-corrected chi connectivity index (χ1v) is 11.5. The summed E-state index contributed by atoms with van der Waals surface area (Å²) in [5.74, 6) is 1.78. The molecule has 0 bridgehead atoms. The molecule has 31 heavy (non-hydrogen) atoms. The number of aryl methyl sites for hydroxylation is 1. The van der Waals surface area contributed by atoms with Gasteiger partial charge in [-0.3, -0.25) is 0 Å². The largest absolute Gasteiger partial charge is 0.454 e. The summed E-state index contributed by atoms with van der Waals surface area (Å²) in [4.78, 5) is 2.40. The fourth-order valence-corrected chi connectivity index (χ4v) is 5.31. The van der Waals surface area contributed by atoms with Crippen molar-refractivity contribution in [1.82, 2.24) is 4.90 Å². The number of likely N-dealkylation sites (N-methyl/N-ethyl adjacent to an activating group) is 1. The first-order chi connectivity index (χ1) is 14.9. The predicted octanol–water partition coefficient (Wildman–Crippen LogP) is 4.93. The maximum absolute atomic E-state index is 13.7. The monoisotopic (exact) mass is 427 g/mol. The van der Waals surface area contributed by atoms with Gasteiger partial charge in [-0.15, -0.1) is 0 Å². The molecule has 2 aliphatic rings. The minimum atomic E-state index is -0.759. The lowest BCUT2D eigenvalue weighted by molar-refractivity contribution is -0.0310. The zero-order valence-corrected chi connectivity index (χ0v) is 18.9. The van der Waals surface area contributed by atoms with Crippen LogP contribution in [-0.4, -0.2) is 42.0 Å². The van der Waals surface area contributed by atoms with Gasteiger partial charge < -0.3 is 19.5 Å². The third-order valence-electron chi connectivity index (χ3n) is 6.97. The molecule has 2 aromatic rings. The maximum Gasteiger partial charge on any atom is 0.231 e. The average molecular weight is 428 g/mol. The Morgan fingerprint density at radius 3 is 2.71 bits per heavy atom. The average Bonchev–Trinajstić information content (AvgIpc) is 3.21.